The number of anilines is 1. The Bertz CT molecular complexity index is 438. The van der Waals surface area contributed by atoms with E-state index in [0.29, 0.717) is 4.99 Å². The van der Waals surface area contributed by atoms with Crippen molar-refractivity contribution in [2.45, 2.75) is 37.0 Å². The molecule has 2 nitrogen and oxygen atoms in total. The van der Waals surface area contributed by atoms with E-state index < -0.39 is 0 Å². The number of hydrogen-bond donors (Lipinski definition) is 1. The summed E-state index contributed by atoms with van der Waals surface area (Å²) in [4.78, 5) is 4.17. The summed E-state index contributed by atoms with van der Waals surface area (Å²) >= 11 is 6.99. The lowest BCUT2D eigenvalue weighted by Crippen LogP contribution is -2.29. The molecule has 0 unspecified atom stereocenters. The largest absolute Gasteiger partial charge is 0.389 e. The zero-order valence-electron chi connectivity index (χ0n) is 11.5. The van der Waals surface area contributed by atoms with Gasteiger partial charge in [-0.2, -0.15) is 0 Å². The molecule has 4 heteroatoms. The first-order chi connectivity index (χ1) is 9.24. The molecular formula is C15H22N2S2. The molecule has 1 fully saturated rings. The van der Waals surface area contributed by atoms with Crippen molar-refractivity contribution in [2.24, 2.45) is 5.73 Å². The molecule has 0 radical (unpaired) electrons. The van der Waals surface area contributed by atoms with Crippen LogP contribution in [0.3, 0.4) is 0 Å². The van der Waals surface area contributed by atoms with Crippen molar-refractivity contribution in [3.8, 4) is 0 Å². The minimum atomic E-state index is 0.516. The molecule has 1 saturated heterocycles. The van der Waals surface area contributed by atoms with E-state index in [0.717, 1.165) is 18.7 Å². The van der Waals surface area contributed by atoms with Crippen molar-refractivity contribution >= 4 is 34.7 Å². The minimum Gasteiger partial charge on any atom is -0.389 e. The van der Waals surface area contributed by atoms with Gasteiger partial charge in [0.2, 0.25) is 0 Å². The van der Waals surface area contributed by atoms with Gasteiger partial charge in [0.1, 0.15) is 4.99 Å². The highest BCUT2D eigenvalue weighted by molar-refractivity contribution is 7.98. The molecule has 2 N–H and O–H groups in total. The first-order valence-electron chi connectivity index (χ1n) is 6.96. The van der Waals surface area contributed by atoms with E-state index in [-0.39, 0.29) is 0 Å². The van der Waals surface area contributed by atoms with Crippen LogP contribution in [0.2, 0.25) is 0 Å². The Morgan fingerprint density at radius 2 is 1.79 bits per heavy atom. The summed E-state index contributed by atoms with van der Waals surface area (Å²) in [6.45, 7) is 2.24. The molecule has 0 atom stereocenters. The molecule has 0 aliphatic carbocycles. The third-order valence-electron chi connectivity index (χ3n) is 3.67. The summed E-state index contributed by atoms with van der Waals surface area (Å²) in [5, 5.41) is 0. The van der Waals surface area contributed by atoms with Gasteiger partial charge in [-0.25, -0.2) is 0 Å². The second-order valence-electron chi connectivity index (χ2n) is 4.97. The lowest BCUT2D eigenvalue weighted by Gasteiger charge is -2.29. The van der Waals surface area contributed by atoms with Crippen LogP contribution in [0.4, 0.5) is 5.69 Å². The third kappa shape index (κ3) is 3.63. The normalized spacial score (nSPS) is 16.8. The molecule has 19 heavy (non-hydrogen) atoms. The highest BCUT2D eigenvalue weighted by atomic mass is 32.2. The van der Waals surface area contributed by atoms with Crippen LogP contribution in [0.5, 0.6) is 0 Å². The molecule has 1 aromatic carbocycles. The van der Waals surface area contributed by atoms with Crippen LogP contribution in [-0.4, -0.2) is 24.3 Å². The molecule has 0 aromatic heterocycles. The van der Waals surface area contributed by atoms with E-state index in [1.165, 1.54) is 42.7 Å². The number of nitrogens with zero attached hydrogens (tertiary/aromatic N) is 1. The molecule has 1 heterocycles. The third-order valence-corrected chi connectivity index (χ3v) is 4.65. The highest BCUT2D eigenvalue weighted by Gasteiger charge is 2.16. The molecule has 2 rings (SSSR count). The van der Waals surface area contributed by atoms with Crippen molar-refractivity contribution < 1.29 is 0 Å². The fraction of sp³-hybridized carbons (Fsp3) is 0.533. The summed E-state index contributed by atoms with van der Waals surface area (Å²) in [6, 6.07) is 6.38. The summed E-state index contributed by atoms with van der Waals surface area (Å²) in [7, 11) is 0. The van der Waals surface area contributed by atoms with E-state index in [1.54, 1.807) is 11.8 Å². The zero-order chi connectivity index (χ0) is 13.7. The average Bonchev–Trinajstić information content (AvgIpc) is 2.37. The molecule has 0 spiro atoms. The number of rotatable bonds is 3. The topological polar surface area (TPSA) is 29.3 Å². The van der Waals surface area contributed by atoms with Crippen LogP contribution >= 0.6 is 24.0 Å². The van der Waals surface area contributed by atoms with Crippen LogP contribution in [0.15, 0.2) is 23.1 Å². The average molecular weight is 294 g/mol. The Morgan fingerprint density at radius 1 is 1.16 bits per heavy atom. The van der Waals surface area contributed by atoms with Gasteiger partial charge in [-0.3, -0.25) is 0 Å². The number of hydrogen-bond acceptors (Lipinski definition) is 3. The number of nitrogens with two attached hydrogens (primary N) is 1. The first kappa shape index (κ1) is 14.7. The van der Waals surface area contributed by atoms with Crippen LogP contribution in [0.25, 0.3) is 0 Å². The second-order valence-corrected chi connectivity index (χ2v) is 6.26. The molecular weight excluding hydrogens is 272 g/mol. The zero-order valence-corrected chi connectivity index (χ0v) is 13.2. The van der Waals surface area contributed by atoms with E-state index in [2.05, 4.69) is 29.4 Å². The Hall–Kier alpha value is -0.740. The van der Waals surface area contributed by atoms with Gasteiger partial charge >= 0.3 is 0 Å². The lowest BCUT2D eigenvalue weighted by molar-refractivity contribution is 0.556. The van der Waals surface area contributed by atoms with Crippen molar-refractivity contribution in [3.63, 3.8) is 0 Å². The molecule has 1 aromatic rings. The van der Waals surface area contributed by atoms with Crippen LogP contribution < -0.4 is 10.6 Å². The SMILES string of the molecule is CSc1cccc(N2CCCCCCC2)c1C(N)=S. The summed E-state index contributed by atoms with van der Waals surface area (Å²) < 4.78 is 0. The van der Waals surface area contributed by atoms with Gasteiger partial charge < -0.3 is 10.6 Å². The lowest BCUT2D eigenvalue weighted by atomic mass is 10.1. The Labute approximate surface area is 125 Å². The number of benzene rings is 1. The monoisotopic (exact) mass is 294 g/mol. The van der Waals surface area contributed by atoms with Gasteiger partial charge in [-0.15, -0.1) is 11.8 Å². The van der Waals surface area contributed by atoms with Crippen LogP contribution in [0.1, 0.15) is 37.7 Å². The Balaban J connectivity index is 2.33. The summed E-state index contributed by atoms with van der Waals surface area (Å²) in [5.41, 5.74) is 8.24. The maximum absolute atomic E-state index is 5.96. The Morgan fingerprint density at radius 3 is 2.37 bits per heavy atom. The van der Waals surface area contributed by atoms with Gasteiger partial charge in [0.25, 0.3) is 0 Å². The predicted octanol–water partition coefficient (Wildman–Crippen LogP) is 3.81. The number of thiocarbonyl (C=S) groups is 1. The van der Waals surface area contributed by atoms with Crippen molar-refractivity contribution in [3.05, 3.63) is 23.8 Å². The predicted molar refractivity (Wildman–Crippen MR) is 89.4 cm³/mol. The first-order valence-corrected chi connectivity index (χ1v) is 8.59. The second kappa shape index (κ2) is 7.15. The van der Waals surface area contributed by atoms with E-state index in [9.17, 15) is 0 Å². The minimum absolute atomic E-state index is 0.516. The maximum Gasteiger partial charge on any atom is 0.107 e. The van der Waals surface area contributed by atoms with Gasteiger partial charge in [0.15, 0.2) is 0 Å². The van der Waals surface area contributed by atoms with Crippen LogP contribution in [-0.2, 0) is 0 Å². The summed E-state index contributed by atoms with van der Waals surface area (Å²) in [5.74, 6) is 0. The van der Waals surface area contributed by atoms with Crippen LogP contribution in [0, 0.1) is 0 Å². The fourth-order valence-electron chi connectivity index (χ4n) is 2.69. The molecule has 1 aliphatic rings. The van der Waals surface area contributed by atoms with E-state index >= 15 is 0 Å². The van der Waals surface area contributed by atoms with Crippen molar-refractivity contribution in [1.82, 2.24) is 0 Å². The standard InChI is InChI=1S/C15H22N2S2/c1-19-13-9-7-8-12(14(13)15(16)18)17-10-5-3-2-4-6-11-17/h7-9H,2-6,10-11H2,1H3,(H2,16,18). The summed E-state index contributed by atoms with van der Waals surface area (Å²) in [6.07, 6.45) is 8.65. The molecule has 0 amide bonds. The maximum atomic E-state index is 5.96. The molecule has 0 saturated carbocycles. The van der Waals surface area contributed by atoms with Crippen molar-refractivity contribution in [1.29, 1.82) is 0 Å². The Kier molecular flexibility index (Phi) is 5.52. The quantitative estimate of drug-likeness (QED) is 0.678. The fourth-order valence-corrected chi connectivity index (χ4v) is 3.60. The van der Waals surface area contributed by atoms with Gasteiger partial charge in [0.05, 0.1) is 0 Å². The van der Waals surface area contributed by atoms with Gasteiger partial charge in [-0.05, 0) is 31.2 Å². The van der Waals surface area contributed by atoms with Gasteiger partial charge in [-0.1, -0.05) is 37.5 Å². The molecule has 0 bridgehead atoms. The smallest absolute Gasteiger partial charge is 0.107 e. The number of thioether (sulfide) groups is 1. The molecule has 1 aliphatic heterocycles. The highest BCUT2D eigenvalue weighted by Crippen LogP contribution is 2.30. The van der Waals surface area contributed by atoms with Crippen molar-refractivity contribution in [2.75, 3.05) is 24.2 Å². The van der Waals surface area contributed by atoms with E-state index in [4.69, 9.17) is 18.0 Å². The van der Waals surface area contributed by atoms with E-state index in [1.807, 2.05) is 0 Å². The van der Waals surface area contributed by atoms with Gasteiger partial charge in [0, 0.05) is 29.2 Å². The molecule has 104 valence electrons.